The van der Waals surface area contributed by atoms with Crippen LogP contribution in [0.5, 0.6) is 0 Å². The van der Waals surface area contributed by atoms with Gasteiger partial charge in [-0.05, 0) is 38.4 Å². The molecule has 1 heterocycles. The Kier molecular flexibility index (Phi) is 4.90. The Morgan fingerprint density at radius 3 is 2.14 bits per heavy atom. The summed E-state index contributed by atoms with van der Waals surface area (Å²) in [6.07, 6.45) is 5.54. The molecule has 0 spiro atoms. The molecule has 1 N–H and O–H groups in total. The molecule has 0 atom stereocenters. The van der Waals surface area contributed by atoms with E-state index in [4.69, 9.17) is 0 Å². The van der Waals surface area contributed by atoms with Crippen LogP contribution in [-0.4, -0.2) is 38.1 Å². The number of likely N-dealkylation sites (N-methyl/N-ethyl adjacent to an activating group) is 1. The minimum absolute atomic E-state index is 0.677. The van der Waals surface area contributed by atoms with Crippen molar-refractivity contribution in [2.24, 2.45) is 5.41 Å². The van der Waals surface area contributed by atoms with Crippen molar-refractivity contribution in [1.82, 2.24) is 10.2 Å². The Bertz CT molecular complexity index is 142. The van der Waals surface area contributed by atoms with E-state index < -0.39 is 0 Å². The van der Waals surface area contributed by atoms with Crippen molar-refractivity contribution in [2.45, 2.75) is 39.5 Å². The van der Waals surface area contributed by atoms with Gasteiger partial charge in [0.1, 0.15) is 0 Å². The predicted octanol–water partition coefficient (Wildman–Crippen LogP) is 2.11. The van der Waals surface area contributed by atoms with Crippen molar-refractivity contribution in [1.29, 1.82) is 0 Å². The smallest absolute Gasteiger partial charge is 0.0107 e. The highest BCUT2D eigenvalue weighted by Gasteiger charge is 2.30. The second-order valence-corrected chi connectivity index (χ2v) is 4.65. The lowest BCUT2D eigenvalue weighted by Gasteiger charge is -2.41. The first-order valence-electron chi connectivity index (χ1n) is 6.13. The summed E-state index contributed by atoms with van der Waals surface area (Å²) in [7, 11) is 2.03. The van der Waals surface area contributed by atoms with Gasteiger partial charge in [0.2, 0.25) is 0 Å². The van der Waals surface area contributed by atoms with E-state index in [-0.39, 0.29) is 0 Å². The summed E-state index contributed by atoms with van der Waals surface area (Å²) in [4.78, 5) is 2.60. The summed E-state index contributed by atoms with van der Waals surface area (Å²) >= 11 is 0. The number of rotatable bonds is 5. The van der Waals surface area contributed by atoms with Gasteiger partial charge in [0.15, 0.2) is 0 Å². The van der Waals surface area contributed by atoms with Gasteiger partial charge in [-0.15, -0.1) is 0 Å². The summed E-state index contributed by atoms with van der Waals surface area (Å²) in [5.74, 6) is 0. The first-order valence-corrected chi connectivity index (χ1v) is 6.13. The molecule has 1 saturated heterocycles. The zero-order valence-corrected chi connectivity index (χ0v) is 10.1. The average Bonchev–Trinajstić information content (AvgIpc) is 2.27. The van der Waals surface area contributed by atoms with Crippen LogP contribution in [0.2, 0.25) is 0 Å². The fourth-order valence-corrected chi connectivity index (χ4v) is 2.48. The van der Waals surface area contributed by atoms with E-state index in [9.17, 15) is 0 Å². The normalized spacial score (nSPS) is 22.5. The first-order chi connectivity index (χ1) is 6.76. The molecule has 0 aromatic rings. The Hall–Kier alpha value is -0.0800. The van der Waals surface area contributed by atoms with E-state index in [0.717, 1.165) is 6.54 Å². The van der Waals surface area contributed by atoms with Gasteiger partial charge in [0.25, 0.3) is 0 Å². The molecule has 0 amide bonds. The van der Waals surface area contributed by atoms with Crippen LogP contribution >= 0.6 is 0 Å². The van der Waals surface area contributed by atoms with E-state index >= 15 is 0 Å². The Morgan fingerprint density at radius 2 is 1.71 bits per heavy atom. The zero-order chi connectivity index (χ0) is 10.4. The van der Waals surface area contributed by atoms with Gasteiger partial charge in [-0.2, -0.15) is 0 Å². The minimum atomic E-state index is 0.677. The average molecular weight is 198 g/mol. The van der Waals surface area contributed by atoms with E-state index in [1.54, 1.807) is 0 Å². The fourth-order valence-electron chi connectivity index (χ4n) is 2.48. The third-order valence-electron chi connectivity index (χ3n) is 4.09. The molecule has 1 aliphatic heterocycles. The van der Waals surface area contributed by atoms with Crippen molar-refractivity contribution in [2.75, 3.05) is 33.2 Å². The van der Waals surface area contributed by atoms with Gasteiger partial charge >= 0.3 is 0 Å². The topological polar surface area (TPSA) is 15.3 Å². The highest BCUT2D eigenvalue weighted by Crippen LogP contribution is 2.37. The monoisotopic (exact) mass is 198 g/mol. The van der Waals surface area contributed by atoms with Crippen LogP contribution in [0.4, 0.5) is 0 Å². The predicted molar refractivity (Wildman–Crippen MR) is 62.6 cm³/mol. The van der Waals surface area contributed by atoms with Crippen LogP contribution in [0.1, 0.15) is 39.5 Å². The second-order valence-electron chi connectivity index (χ2n) is 4.65. The Balaban J connectivity index is 2.29. The third-order valence-corrected chi connectivity index (χ3v) is 4.09. The third kappa shape index (κ3) is 2.96. The molecular formula is C12H26N2. The van der Waals surface area contributed by atoms with Crippen molar-refractivity contribution >= 4 is 0 Å². The van der Waals surface area contributed by atoms with Crippen LogP contribution < -0.4 is 5.32 Å². The molecule has 0 saturated carbocycles. The standard InChI is InChI=1S/C12H26N2/c1-4-12(5-2)6-9-14(10-7-12)11-8-13-3/h13H,4-11H2,1-3H3. The van der Waals surface area contributed by atoms with Crippen LogP contribution in [0.25, 0.3) is 0 Å². The second kappa shape index (κ2) is 5.72. The van der Waals surface area contributed by atoms with Crippen LogP contribution in [0.15, 0.2) is 0 Å². The first kappa shape index (κ1) is 12.0. The van der Waals surface area contributed by atoms with E-state index in [1.165, 1.54) is 45.3 Å². The van der Waals surface area contributed by atoms with Crippen molar-refractivity contribution < 1.29 is 0 Å². The van der Waals surface area contributed by atoms with Gasteiger partial charge in [-0.1, -0.05) is 26.7 Å². The molecule has 2 nitrogen and oxygen atoms in total. The number of nitrogens with one attached hydrogen (secondary N) is 1. The van der Waals surface area contributed by atoms with Crippen molar-refractivity contribution in [3.63, 3.8) is 0 Å². The molecule has 0 radical (unpaired) electrons. The van der Waals surface area contributed by atoms with E-state index in [0.29, 0.717) is 5.41 Å². The number of hydrogen-bond donors (Lipinski definition) is 1. The molecule has 0 aromatic heterocycles. The summed E-state index contributed by atoms with van der Waals surface area (Å²) in [5.41, 5.74) is 0.677. The summed E-state index contributed by atoms with van der Waals surface area (Å²) in [6.45, 7) is 9.68. The maximum absolute atomic E-state index is 3.22. The van der Waals surface area contributed by atoms with Gasteiger partial charge in [0.05, 0.1) is 0 Å². The summed E-state index contributed by atoms with van der Waals surface area (Å²) in [6, 6.07) is 0. The molecule has 84 valence electrons. The number of likely N-dealkylation sites (tertiary alicyclic amines) is 1. The lowest BCUT2D eigenvalue weighted by Crippen LogP contribution is -2.42. The minimum Gasteiger partial charge on any atom is -0.318 e. The summed E-state index contributed by atoms with van der Waals surface area (Å²) in [5, 5.41) is 3.22. The van der Waals surface area contributed by atoms with Crippen LogP contribution in [0.3, 0.4) is 0 Å². The van der Waals surface area contributed by atoms with Gasteiger partial charge in [-0.25, -0.2) is 0 Å². The molecule has 1 rings (SSSR count). The molecule has 0 aromatic carbocycles. The number of hydrogen-bond acceptors (Lipinski definition) is 2. The molecule has 0 bridgehead atoms. The highest BCUT2D eigenvalue weighted by atomic mass is 15.1. The maximum Gasteiger partial charge on any atom is 0.0107 e. The SMILES string of the molecule is CCC1(CC)CCN(CCNC)CC1. The van der Waals surface area contributed by atoms with Gasteiger partial charge < -0.3 is 10.2 Å². The van der Waals surface area contributed by atoms with Crippen molar-refractivity contribution in [3.8, 4) is 0 Å². The molecule has 14 heavy (non-hydrogen) atoms. The van der Waals surface area contributed by atoms with E-state index in [1.807, 2.05) is 7.05 Å². The number of nitrogens with zero attached hydrogens (tertiary/aromatic N) is 1. The lowest BCUT2D eigenvalue weighted by atomic mass is 9.74. The fraction of sp³-hybridized carbons (Fsp3) is 1.00. The van der Waals surface area contributed by atoms with Gasteiger partial charge in [-0.3, -0.25) is 0 Å². The molecule has 0 unspecified atom stereocenters. The van der Waals surface area contributed by atoms with Crippen LogP contribution in [0, 0.1) is 5.41 Å². The van der Waals surface area contributed by atoms with Gasteiger partial charge in [0, 0.05) is 13.1 Å². The van der Waals surface area contributed by atoms with Crippen LogP contribution in [-0.2, 0) is 0 Å². The maximum atomic E-state index is 3.22. The quantitative estimate of drug-likeness (QED) is 0.728. The molecular weight excluding hydrogens is 172 g/mol. The van der Waals surface area contributed by atoms with E-state index in [2.05, 4.69) is 24.1 Å². The highest BCUT2D eigenvalue weighted by molar-refractivity contribution is 4.83. The zero-order valence-electron chi connectivity index (χ0n) is 10.1. The largest absolute Gasteiger partial charge is 0.318 e. The lowest BCUT2D eigenvalue weighted by molar-refractivity contribution is 0.0965. The Labute approximate surface area is 89.1 Å². The molecule has 0 aliphatic carbocycles. The summed E-state index contributed by atoms with van der Waals surface area (Å²) < 4.78 is 0. The molecule has 2 heteroatoms. The Morgan fingerprint density at radius 1 is 1.14 bits per heavy atom. The molecule has 1 aliphatic rings. The molecule has 1 fully saturated rings. The number of piperidine rings is 1. The van der Waals surface area contributed by atoms with Crippen molar-refractivity contribution in [3.05, 3.63) is 0 Å².